The lowest BCUT2D eigenvalue weighted by atomic mass is 10.2. The molecule has 2 N–H and O–H groups in total. The standard InChI is InChI=1S/C10H9N5/c1-6-14-8(7-2-3-11-4-7)9-10(15-6)13-5-12-9/h2-5,11H,1H3,(H,12,13,14,15). The van der Waals surface area contributed by atoms with E-state index >= 15 is 0 Å². The fraction of sp³-hybridized carbons (Fsp3) is 0.100. The molecule has 0 unspecified atom stereocenters. The molecule has 5 nitrogen and oxygen atoms in total. The fourth-order valence-corrected chi connectivity index (χ4v) is 1.62. The van der Waals surface area contributed by atoms with Gasteiger partial charge in [-0.05, 0) is 13.0 Å². The zero-order chi connectivity index (χ0) is 10.3. The number of hydrogen-bond donors (Lipinski definition) is 2. The summed E-state index contributed by atoms with van der Waals surface area (Å²) < 4.78 is 0. The SMILES string of the molecule is Cc1nc(-c2cc[nH]c2)c2[nH]cnc2n1. The van der Waals surface area contributed by atoms with Gasteiger partial charge in [0.1, 0.15) is 17.0 Å². The molecule has 0 amide bonds. The van der Waals surface area contributed by atoms with Gasteiger partial charge in [-0.2, -0.15) is 0 Å². The Morgan fingerprint density at radius 2 is 2.20 bits per heavy atom. The van der Waals surface area contributed by atoms with Gasteiger partial charge in [0.2, 0.25) is 0 Å². The van der Waals surface area contributed by atoms with E-state index in [-0.39, 0.29) is 0 Å². The number of aromatic amines is 2. The molecule has 74 valence electrons. The molecule has 0 radical (unpaired) electrons. The van der Waals surface area contributed by atoms with Crippen molar-refractivity contribution in [3.05, 3.63) is 30.6 Å². The minimum Gasteiger partial charge on any atom is -0.367 e. The summed E-state index contributed by atoms with van der Waals surface area (Å²) in [6.07, 6.45) is 5.41. The van der Waals surface area contributed by atoms with Gasteiger partial charge >= 0.3 is 0 Å². The van der Waals surface area contributed by atoms with Gasteiger partial charge in [-0.1, -0.05) is 0 Å². The normalized spacial score (nSPS) is 11.0. The Balaban J connectivity index is 2.38. The first-order chi connectivity index (χ1) is 7.34. The van der Waals surface area contributed by atoms with Crippen LogP contribution in [0.25, 0.3) is 22.4 Å². The Kier molecular flexibility index (Phi) is 1.58. The third-order valence-corrected chi connectivity index (χ3v) is 2.27. The van der Waals surface area contributed by atoms with E-state index < -0.39 is 0 Å². The number of aryl methyl sites for hydroxylation is 1. The molecule has 3 aromatic heterocycles. The van der Waals surface area contributed by atoms with Crippen LogP contribution in [0.1, 0.15) is 5.82 Å². The molecule has 0 spiro atoms. The monoisotopic (exact) mass is 199 g/mol. The minimum absolute atomic E-state index is 0.707. The molecule has 0 aliphatic carbocycles. The summed E-state index contributed by atoms with van der Waals surface area (Å²) in [5, 5.41) is 0. The average molecular weight is 199 g/mol. The predicted octanol–water partition coefficient (Wildman–Crippen LogP) is 1.66. The van der Waals surface area contributed by atoms with Crippen LogP contribution in [0.4, 0.5) is 0 Å². The van der Waals surface area contributed by atoms with E-state index in [1.165, 1.54) is 0 Å². The number of rotatable bonds is 1. The first-order valence-corrected chi connectivity index (χ1v) is 4.65. The third kappa shape index (κ3) is 1.20. The maximum atomic E-state index is 4.41. The predicted molar refractivity (Wildman–Crippen MR) is 56.2 cm³/mol. The first-order valence-electron chi connectivity index (χ1n) is 4.65. The summed E-state index contributed by atoms with van der Waals surface area (Å²) in [4.78, 5) is 18.9. The molecule has 0 fully saturated rings. The topological polar surface area (TPSA) is 70.2 Å². The van der Waals surface area contributed by atoms with Gasteiger partial charge in [0.05, 0.1) is 6.33 Å². The molecule has 0 aliphatic heterocycles. The number of H-pyrrole nitrogens is 2. The van der Waals surface area contributed by atoms with Gasteiger partial charge in [0, 0.05) is 18.0 Å². The smallest absolute Gasteiger partial charge is 0.181 e. The zero-order valence-corrected chi connectivity index (χ0v) is 8.15. The molecule has 5 heteroatoms. The van der Waals surface area contributed by atoms with E-state index in [0.29, 0.717) is 5.65 Å². The van der Waals surface area contributed by atoms with Crippen molar-refractivity contribution in [1.82, 2.24) is 24.9 Å². The number of aromatic nitrogens is 5. The lowest BCUT2D eigenvalue weighted by Crippen LogP contribution is -1.92. The molecule has 0 saturated carbocycles. The number of nitrogens with one attached hydrogen (secondary N) is 2. The highest BCUT2D eigenvalue weighted by Crippen LogP contribution is 2.22. The van der Waals surface area contributed by atoms with Crippen LogP contribution in [-0.2, 0) is 0 Å². The van der Waals surface area contributed by atoms with E-state index in [1.807, 2.05) is 25.4 Å². The quantitative estimate of drug-likeness (QED) is 0.626. The van der Waals surface area contributed by atoms with Crippen molar-refractivity contribution < 1.29 is 0 Å². The van der Waals surface area contributed by atoms with Crippen molar-refractivity contribution in [1.29, 1.82) is 0 Å². The number of imidazole rings is 1. The highest BCUT2D eigenvalue weighted by molar-refractivity contribution is 5.86. The summed E-state index contributed by atoms with van der Waals surface area (Å²) in [6, 6.07) is 1.97. The molecule has 0 aromatic carbocycles. The number of nitrogens with zero attached hydrogens (tertiary/aromatic N) is 3. The van der Waals surface area contributed by atoms with E-state index in [2.05, 4.69) is 24.9 Å². The van der Waals surface area contributed by atoms with Crippen molar-refractivity contribution in [3.63, 3.8) is 0 Å². The first kappa shape index (κ1) is 8.16. The van der Waals surface area contributed by atoms with Gasteiger partial charge < -0.3 is 9.97 Å². The van der Waals surface area contributed by atoms with Crippen molar-refractivity contribution >= 4 is 11.2 Å². The van der Waals surface area contributed by atoms with Gasteiger partial charge in [-0.25, -0.2) is 15.0 Å². The second-order valence-corrected chi connectivity index (χ2v) is 3.32. The fourth-order valence-electron chi connectivity index (χ4n) is 1.62. The molecular weight excluding hydrogens is 190 g/mol. The van der Waals surface area contributed by atoms with Crippen LogP contribution in [0.15, 0.2) is 24.8 Å². The summed E-state index contributed by atoms with van der Waals surface area (Å²) in [6.45, 7) is 1.87. The lowest BCUT2D eigenvalue weighted by Gasteiger charge is -1.99. The Labute approximate surface area is 85.6 Å². The molecule has 0 atom stereocenters. The van der Waals surface area contributed by atoms with Gasteiger partial charge in [0.15, 0.2) is 5.65 Å². The summed E-state index contributed by atoms with van der Waals surface area (Å²) >= 11 is 0. The van der Waals surface area contributed by atoms with Crippen LogP contribution >= 0.6 is 0 Å². The van der Waals surface area contributed by atoms with Gasteiger partial charge in [0.25, 0.3) is 0 Å². The minimum atomic E-state index is 0.707. The Morgan fingerprint density at radius 3 is 3.00 bits per heavy atom. The molecule has 0 saturated heterocycles. The molecule has 15 heavy (non-hydrogen) atoms. The highest BCUT2D eigenvalue weighted by Gasteiger charge is 2.09. The molecule has 3 aromatic rings. The van der Waals surface area contributed by atoms with Crippen molar-refractivity contribution in [2.24, 2.45) is 0 Å². The second-order valence-electron chi connectivity index (χ2n) is 3.32. The van der Waals surface area contributed by atoms with Crippen LogP contribution in [0, 0.1) is 6.92 Å². The summed E-state index contributed by atoms with van der Waals surface area (Å²) in [7, 11) is 0. The maximum Gasteiger partial charge on any atom is 0.181 e. The molecule has 0 bridgehead atoms. The van der Waals surface area contributed by atoms with Crippen molar-refractivity contribution in [3.8, 4) is 11.3 Å². The zero-order valence-electron chi connectivity index (χ0n) is 8.15. The largest absolute Gasteiger partial charge is 0.367 e. The van der Waals surface area contributed by atoms with E-state index in [0.717, 1.165) is 22.6 Å². The molecular formula is C10H9N5. The van der Waals surface area contributed by atoms with Crippen LogP contribution < -0.4 is 0 Å². The van der Waals surface area contributed by atoms with Crippen LogP contribution in [0.2, 0.25) is 0 Å². The van der Waals surface area contributed by atoms with Crippen molar-refractivity contribution in [2.75, 3.05) is 0 Å². The lowest BCUT2D eigenvalue weighted by molar-refractivity contribution is 1.08. The summed E-state index contributed by atoms with van der Waals surface area (Å²) in [5.41, 5.74) is 3.50. The Hall–Kier alpha value is -2.17. The molecule has 0 aliphatic rings. The number of fused-ring (bicyclic) bond motifs is 1. The third-order valence-electron chi connectivity index (χ3n) is 2.27. The van der Waals surface area contributed by atoms with Crippen LogP contribution in [0.5, 0.6) is 0 Å². The van der Waals surface area contributed by atoms with E-state index in [4.69, 9.17) is 0 Å². The highest BCUT2D eigenvalue weighted by atomic mass is 15.0. The number of hydrogen-bond acceptors (Lipinski definition) is 3. The maximum absolute atomic E-state index is 4.41. The Bertz CT molecular complexity index is 593. The van der Waals surface area contributed by atoms with E-state index in [9.17, 15) is 0 Å². The molecule has 3 heterocycles. The second kappa shape index (κ2) is 2.91. The molecule has 3 rings (SSSR count). The van der Waals surface area contributed by atoms with Gasteiger partial charge in [-0.15, -0.1) is 0 Å². The van der Waals surface area contributed by atoms with Gasteiger partial charge in [-0.3, -0.25) is 0 Å². The average Bonchev–Trinajstić information content (AvgIpc) is 2.86. The van der Waals surface area contributed by atoms with Crippen LogP contribution in [-0.4, -0.2) is 24.9 Å². The summed E-state index contributed by atoms with van der Waals surface area (Å²) in [5.74, 6) is 0.728. The van der Waals surface area contributed by atoms with Crippen molar-refractivity contribution in [2.45, 2.75) is 6.92 Å². The van der Waals surface area contributed by atoms with Crippen LogP contribution in [0.3, 0.4) is 0 Å². The Morgan fingerprint density at radius 1 is 1.27 bits per heavy atom. The van der Waals surface area contributed by atoms with E-state index in [1.54, 1.807) is 6.33 Å².